The van der Waals surface area contributed by atoms with E-state index in [1.165, 1.54) is 29.5 Å². The summed E-state index contributed by atoms with van der Waals surface area (Å²) in [7, 11) is 0. The number of benzene rings is 1. The van der Waals surface area contributed by atoms with Gasteiger partial charge in [-0.2, -0.15) is 20.1 Å². The van der Waals surface area contributed by atoms with Crippen molar-refractivity contribution < 1.29 is 23.4 Å². The Labute approximate surface area is 136 Å². The SMILES string of the molecule is O=C(/C=C/c1ccc(OC(F)F)cc1)NCC(O)c1ccsc1. The third-order valence-electron chi connectivity index (χ3n) is 2.93. The lowest BCUT2D eigenvalue weighted by atomic mass is 10.2. The average Bonchev–Trinajstić information content (AvgIpc) is 3.06. The molecule has 1 amide bonds. The van der Waals surface area contributed by atoms with E-state index in [0.717, 1.165) is 5.56 Å². The standard InChI is InChI=1S/C16H15F2NO3S/c17-16(18)22-13-4-1-11(2-5-13)3-6-15(21)19-9-14(20)12-7-8-23-10-12/h1-8,10,14,16,20H,9H2,(H,19,21)/b6-3+. The van der Waals surface area contributed by atoms with Crippen LogP contribution < -0.4 is 10.1 Å². The molecule has 7 heteroatoms. The number of thiophene rings is 1. The van der Waals surface area contributed by atoms with Gasteiger partial charge >= 0.3 is 6.61 Å². The lowest BCUT2D eigenvalue weighted by Crippen LogP contribution is -2.26. The third kappa shape index (κ3) is 5.80. The average molecular weight is 339 g/mol. The van der Waals surface area contributed by atoms with E-state index in [9.17, 15) is 18.7 Å². The Morgan fingerprint density at radius 1 is 1.30 bits per heavy atom. The van der Waals surface area contributed by atoms with Crippen molar-refractivity contribution in [2.45, 2.75) is 12.7 Å². The van der Waals surface area contributed by atoms with Gasteiger partial charge in [-0.25, -0.2) is 0 Å². The molecule has 0 saturated carbocycles. The number of ether oxygens (including phenoxy) is 1. The van der Waals surface area contributed by atoms with Gasteiger partial charge in [0.1, 0.15) is 5.75 Å². The molecular formula is C16H15F2NO3S. The molecule has 0 radical (unpaired) electrons. The Morgan fingerprint density at radius 2 is 2.04 bits per heavy atom. The van der Waals surface area contributed by atoms with Gasteiger partial charge in [-0.1, -0.05) is 12.1 Å². The van der Waals surface area contributed by atoms with E-state index in [0.29, 0.717) is 5.56 Å². The summed E-state index contributed by atoms with van der Waals surface area (Å²) in [5, 5.41) is 16.1. The van der Waals surface area contributed by atoms with E-state index in [4.69, 9.17) is 0 Å². The van der Waals surface area contributed by atoms with Crippen LogP contribution in [0.5, 0.6) is 5.75 Å². The Bertz CT molecular complexity index is 642. The lowest BCUT2D eigenvalue weighted by molar-refractivity contribution is -0.116. The summed E-state index contributed by atoms with van der Waals surface area (Å²) in [6.07, 6.45) is 2.10. The number of aliphatic hydroxyl groups is 1. The summed E-state index contributed by atoms with van der Waals surface area (Å²) >= 11 is 1.47. The molecule has 0 saturated heterocycles. The Balaban J connectivity index is 1.81. The number of amides is 1. The quantitative estimate of drug-likeness (QED) is 0.762. The lowest BCUT2D eigenvalue weighted by Gasteiger charge is -2.08. The van der Waals surface area contributed by atoms with E-state index in [-0.39, 0.29) is 18.2 Å². The van der Waals surface area contributed by atoms with Crippen LogP contribution in [0.25, 0.3) is 6.08 Å². The zero-order chi connectivity index (χ0) is 16.7. The van der Waals surface area contributed by atoms with Gasteiger partial charge in [0.15, 0.2) is 0 Å². The number of carbonyl (C=O) groups excluding carboxylic acids is 1. The zero-order valence-electron chi connectivity index (χ0n) is 12.0. The molecule has 122 valence electrons. The fourth-order valence-electron chi connectivity index (χ4n) is 1.77. The summed E-state index contributed by atoms with van der Waals surface area (Å²) in [6, 6.07) is 7.69. The van der Waals surface area contributed by atoms with Gasteiger partial charge in [-0.05, 0) is 46.2 Å². The largest absolute Gasteiger partial charge is 0.435 e. The monoisotopic (exact) mass is 339 g/mol. The number of hydrogen-bond donors (Lipinski definition) is 2. The van der Waals surface area contributed by atoms with Gasteiger partial charge < -0.3 is 15.2 Å². The van der Waals surface area contributed by atoms with Crippen LogP contribution in [-0.4, -0.2) is 24.2 Å². The molecule has 0 bridgehead atoms. The van der Waals surface area contributed by atoms with E-state index < -0.39 is 12.7 Å². The van der Waals surface area contributed by atoms with Crippen molar-refractivity contribution in [3.05, 3.63) is 58.3 Å². The van der Waals surface area contributed by atoms with Crippen LogP contribution in [0.3, 0.4) is 0 Å². The molecule has 0 fully saturated rings. The summed E-state index contributed by atoms with van der Waals surface area (Å²) in [4.78, 5) is 11.7. The molecule has 1 aromatic carbocycles. The summed E-state index contributed by atoms with van der Waals surface area (Å²) in [5.41, 5.74) is 1.43. The highest BCUT2D eigenvalue weighted by Crippen LogP contribution is 2.16. The molecule has 2 rings (SSSR count). The maximum Gasteiger partial charge on any atom is 0.387 e. The molecule has 2 N–H and O–H groups in total. The molecule has 0 aliphatic carbocycles. The van der Waals surface area contributed by atoms with Crippen LogP contribution in [0.1, 0.15) is 17.2 Å². The van der Waals surface area contributed by atoms with Gasteiger partial charge in [0.2, 0.25) is 5.91 Å². The zero-order valence-corrected chi connectivity index (χ0v) is 12.8. The van der Waals surface area contributed by atoms with E-state index in [2.05, 4.69) is 10.1 Å². The number of alkyl halides is 2. The molecule has 1 heterocycles. The molecule has 23 heavy (non-hydrogen) atoms. The fraction of sp³-hybridized carbons (Fsp3) is 0.188. The number of hydrogen-bond acceptors (Lipinski definition) is 4. The highest BCUT2D eigenvalue weighted by molar-refractivity contribution is 7.07. The van der Waals surface area contributed by atoms with Crippen molar-refractivity contribution in [2.24, 2.45) is 0 Å². The summed E-state index contributed by atoms with van der Waals surface area (Å²) in [6.45, 7) is -2.75. The van der Waals surface area contributed by atoms with Crippen LogP contribution in [0, 0.1) is 0 Å². The molecule has 1 unspecified atom stereocenters. The predicted octanol–water partition coefficient (Wildman–Crippen LogP) is 3.21. The topological polar surface area (TPSA) is 58.6 Å². The highest BCUT2D eigenvalue weighted by Gasteiger charge is 2.08. The van der Waals surface area contributed by atoms with E-state index in [1.807, 2.05) is 10.8 Å². The smallest absolute Gasteiger partial charge is 0.387 e. The number of rotatable bonds is 7. The van der Waals surface area contributed by atoms with Crippen LogP contribution in [0.2, 0.25) is 0 Å². The molecule has 4 nitrogen and oxygen atoms in total. The molecular weight excluding hydrogens is 324 g/mol. The van der Waals surface area contributed by atoms with Crippen molar-refractivity contribution >= 4 is 23.3 Å². The van der Waals surface area contributed by atoms with Crippen molar-refractivity contribution in [2.75, 3.05) is 6.54 Å². The second kappa shape index (κ2) is 8.40. The maximum atomic E-state index is 12.0. The first-order valence-electron chi connectivity index (χ1n) is 6.75. The van der Waals surface area contributed by atoms with Crippen LogP contribution >= 0.6 is 11.3 Å². The number of carbonyl (C=O) groups is 1. The van der Waals surface area contributed by atoms with Gasteiger partial charge in [0, 0.05) is 12.6 Å². The molecule has 0 spiro atoms. The summed E-state index contributed by atoms with van der Waals surface area (Å²) in [5.74, 6) is -0.298. The molecule has 1 atom stereocenters. The second-order valence-electron chi connectivity index (χ2n) is 4.60. The number of nitrogens with one attached hydrogen (secondary N) is 1. The molecule has 0 aliphatic rings. The van der Waals surface area contributed by atoms with Gasteiger partial charge in [0.25, 0.3) is 0 Å². The van der Waals surface area contributed by atoms with Crippen molar-refractivity contribution in [3.63, 3.8) is 0 Å². The van der Waals surface area contributed by atoms with E-state index >= 15 is 0 Å². The first kappa shape index (κ1) is 17.1. The van der Waals surface area contributed by atoms with Crippen LogP contribution in [0.15, 0.2) is 47.2 Å². The third-order valence-corrected chi connectivity index (χ3v) is 3.63. The first-order valence-corrected chi connectivity index (χ1v) is 7.70. The van der Waals surface area contributed by atoms with Crippen LogP contribution in [0.4, 0.5) is 8.78 Å². The second-order valence-corrected chi connectivity index (χ2v) is 5.38. The maximum absolute atomic E-state index is 12.0. The molecule has 2 aromatic rings. The van der Waals surface area contributed by atoms with E-state index in [1.54, 1.807) is 24.3 Å². The van der Waals surface area contributed by atoms with Crippen molar-refractivity contribution in [1.29, 1.82) is 0 Å². The van der Waals surface area contributed by atoms with Gasteiger partial charge in [-0.3, -0.25) is 4.79 Å². The van der Waals surface area contributed by atoms with Crippen molar-refractivity contribution in [3.8, 4) is 5.75 Å². The first-order chi connectivity index (χ1) is 11.0. The normalized spacial score (nSPS) is 12.5. The molecule has 0 aliphatic heterocycles. The minimum Gasteiger partial charge on any atom is -0.435 e. The minimum atomic E-state index is -2.86. The fourth-order valence-corrected chi connectivity index (χ4v) is 2.48. The Kier molecular flexibility index (Phi) is 6.25. The van der Waals surface area contributed by atoms with Crippen LogP contribution in [-0.2, 0) is 4.79 Å². The summed E-state index contributed by atoms with van der Waals surface area (Å²) < 4.78 is 28.3. The molecule has 1 aromatic heterocycles. The number of halogens is 2. The Morgan fingerprint density at radius 3 is 2.65 bits per heavy atom. The Hall–Kier alpha value is -2.25. The van der Waals surface area contributed by atoms with Gasteiger partial charge in [0.05, 0.1) is 6.10 Å². The number of aliphatic hydroxyl groups excluding tert-OH is 1. The van der Waals surface area contributed by atoms with Gasteiger partial charge in [-0.15, -0.1) is 0 Å². The highest BCUT2D eigenvalue weighted by atomic mass is 32.1. The minimum absolute atomic E-state index is 0.0560. The predicted molar refractivity (Wildman–Crippen MR) is 84.4 cm³/mol. The van der Waals surface area contributed by atoms with Crippen molar-refractivity contribution in [1.82, 2.24) is 5.32 Å².